The maximum absolute atomic E-state index is 5.97. The number of hydrogen-bond acceptors (Lipinski definition) is 3. The molecule has 0 spiro atoms. The maximum Gasteiger partial charge on any atom is 0.189 e. The van der Waals surface area contributed by atoms with E-state index in [1.807, 2.05) is 0 Å². The van der Waals surface area contributed by atoms with E-state index in [9.17, 15) is 0 Å². The average molecular weight is 292 g/mol. The summed E-state index contributed by atoms with van der Waals surface area (Å²) in [6, 6.07) is 0.469. The Morgan fingerprint density at radius 1 is 1.29 bits per heavy atom. The normalized spacial score (nSPS) is 18.5. The van der Waals surface area contributed by atoms with Crippen molar-refractivity contribution in [1.82, 2.24) is 20.5 Å². The molecule has 0 aromatic carbocycles. The Balaban J connectivity index is 1.86. The molecule has 0 aliphatic heterocycles. The first-order chi connectivity index (χ1) is 9.95. The Morgan fingerprint density at radius 2 is 1.95 bits per heavy atom. The van der Waals surface area contributed by atoms with Crippen molar-refractivity contribution in [2.75, 3.05) is 0 Å². The summed E-state index contributed by atoms with van der Waals surface area (Å²) >= 11 is 0. The Hall–Kier alpha value is -1.59. The molecule has 6 nitrogen and oxygen atoms in total. The fraction of sp³-hybridized carbons (Fsp3) is 0.800. The molecule has 118 valence electrons. The SMILES string of the molecule is CC(C)(C)c1n[nH]c(CN=C(N)NC2CCCCCC2)n1. The van der Waals surface area contributed by atoms with E-state index < -0.39 is 0 Å². The van der Waals surface area contributed by atoms with Gasteiger partial charge in [0.1, 0.15) is 12.4 Å². The first kappa shape index (κ1) is 15.8. The molecule has 0 bridgehead atoms. The predicted octanol–water partition coefficient (Wildman–Crippen LogP) is 2.23. The molecule has 2 rings (SSSR count). The zero-order valence-electron chi connectivity index (χ0n) is 13.4. The molecule has 1 saturated carbocycles. The summed E-state index contributed by atoms with van der Waals surface area (Å²) in [5, 5.41) is 10.5. The first-order valence-electron chi connectivity index (χ1n) is 7.93. The third-order valence-electron chi connectivity index (χ3n) is 3.81. The molecule has 4 N–H and O–H groups in total. The Kier molecular flexibility index (Phi) is 5.20. The number of nitrogens with zero attached hydrogens (tertiary/aromatic N) is 3. The number of H-pyrrole nitrogens is 1. The molecule has 1 heterocycles. The molecule has 1 aromatic heterocycles. The van der Waals surface area contributed by atoms with E-state index in [0.29, 0.717) is 18.5 Å². The van der Waals surface area contributed by atoms with Crippen molar-refractivity contribution in [3.8, 4) is 0 Å². The van der Waals surface area contributed by atoms with Crippen LogP contribution in [0, 0.1) is 0 Å². The van der Waals surface area contributed by atoms with Crippen LogP contribution in [0.3, 0.4) is 0 Å². The Morgan fingerprint density at radius 3 is 2.52 bits per heavy atom. The third-order valence-corrected chi connectivity index (χ3v) is 3.81. The molecule has 1 aliphatic carbocycles. The molecule has 1 fully saturated rings. The number of aliphatic imine (C=N–C) groups is 1. The predicted molar refractivity (Wildman–Crippen MR) is 85.0 cm³/mol. The minimum atomic E-state index is -0.0530. The molecule has 0 atom stereocenters. The van der Waals surface area contributed by atoms with Crippen molar-refractivity contribution in [2.45, 2.75) is 77.3 Å². The molecule has 21 heavy (non-hydrogen) atoms. The number of aromatic nitrogens is 3. The van der Waals surface area contributed by atoms with Gasteiger partial charge < -0.3 is 11.1 Å². The molecule has 0 unspecified atom stereocenters. The summed E-state index contributed by atoms with van der Waals surface area (Å²) in [5.74, 6) is 2.07. The highest BCUT2D eigenvalue weighted by molar-refractivity contribution is 5.78. The molecule has 1 aliphatic rings. The van der Waals surface area contributed by atoms with Crippen LogP contribution in [0.15, 0.2) is 4.99 Å². The quantitative estimate of drug-likeness (QED) is 0.452. The highest BCUT2D eigenvalue weighted by Crippen LogP contribution is 2.18. The fourth-order valence-corrected chi connectivity index (χ4v) is 2.54. The molecular formula is C15H28N6. The second-order valence-corrected chi connectivity index (χ2v) is 6.89. The van der Waals surface area contributed by atoms with Gasteiger partial charge in [0.05, 0.1) is 0 Å². The lowest BCUT2D eigenvalue weighted by molar-refractivity contribution is 0.530. The van der Waals surface area contributed by atoms with Gasteiger partial charge in [-0.3, -0.25) is 5.10 Å². The van der Waals surface area contributed by atoms with Gasteiger partial charge in [-0.2, -0.15) is 5.10 Å². The van der Waals surface area contributed by atoms with Gasteiger partial charge in [-0.25, -0.2) is 9.98 Å². The molecule has 1 aromatic rings. The largest absolute Gasteiger partial charge is 0.370 e. The van der Waals surface area contributed by atoms with E-state index in [2.05, 4.69) is 46.3 Å². The van der Waals surface area contributed by atoms with Crippen molar-refractivity contribution in [1.29, 1.82) is 0 Å². The standard InChI is InChI=1S/C15H28N6/c1-15(2,3)13-19-12(20-21-13)10-17-14(16)18-11-8-6-4-5-7-9-11/h11H,4-10H2,1-3H3,(H3,16,17,18)(H,19,20,21). The fourth-order valence-electron chi connectivity index (χ4n) is 2.54. The van der Waals surface area contributed by atoms with Crippen molar-refractivity contribution in [2.24, 2.45) is 10.7 Å². The van der Waals surface area contributed by atoms with E-state index >= 15 is 0 Å². The van der Waals surface area contributed by atoms with Crippen molar-refractivity contribution >= 4 is 5.96 Å². The minimum absolute atomic E-state index is 0.0530. The summed E-state index contributed by atoms with van der Waals surface area (Å²) in [6.45, 7) is 6.70. The van der Waals surface area contributed by atoms with Crippen LogP contribution in [0.5, 0.6) is 0 Å². The van der Waals surface area contributed by atoms with Crippen molar-refractivity contribution < 1.29 is 0 Å². The summed E-state index contributed by atoms with van der Waals surface area (Å²) in [4.78, 5) is 8.82. The first-order valence-corrected chi connectivity index (χ1v) is 7.93. The molecule has 0 saturated heterocycles. The van der Waals surface area contributed by atoms with Crippen LogP contribution in [0.2, 0.25) is 0 Å². The van der Waals surface area contributed by atoms with Crippen LogP contribution in [-0.2, 0) is 12.0 Å². The second kappa shape index (κ2) is 6.91. The zero-order valence-corrected chi connectivity index (χ0v) is 13.4. The summed E-state index contributed by atoms with van der Waals surface area (Å²) in [7, 11) is 0. The Bertz CT molecular complexity index is 463. The number of aromatic amines is 1. The van der Waals surface area contributed by atoms with Gasteiger partial charge in [0.15, 0.2) is 11.8 Å². The van der Waals surface area contributed by atoms with Crippen molar-refractivity contribution in [3.63, 3.8) is 0 Å². The molecular weight excluding hydrogens is 264 g/mol. The zero-order chi connectivity index (χ0) is 15.3. The lowest BCUT2D eigenvalue weighted by Crippen LogP contribution is -2.39. The number of hydrogen-bond donors (Lipinski definition) is 3. The lowest BCUT2D eigenvalue weighted by atomic mass is 9.96. The van der Waals surface area contributed by atoms with Crippen LogP contribution in [0.1, 0.15) is 70.9 Å². The summed E-state index contributed by atoms with van der Waals surface area (Å²) in [6.07, 6.45) is 7.61. The second-order valence-electron chi connectivity index (χ2n) is 6.89. The maximum atomic E-state index is 5.97. The van der Waals surface area contributed by atoms with Gasteiger partial charge in [-0.1, -0.05) is 46.5 Å². The van der Waals surface area contributed by atoms with Gasteiger partial charge in [0, 0.05) is 11.5 Å². The van der Waals surface area contributed by atoms with E-state index in [1.54, 1.807) is 0 Å². The van der Waals surface area contributed by atoms with E-state index in [1.165, 1.54) is 38.5 Å². The summed E-state index contributed by atoms with van der Waals surface area (Å²) < 4.78 is 0. The van der Waals surface area contributed by atoms with Gasteiger partial charge in [0.25, 0.3) is 0 Å². The van der Waals surface area contributed by atoms with Gasteiger partial charge in [-0.05, 0) is 12.8 Å². The highest BCUT2D eigenvalue weighted by atomic mass is 15.2. The van der Waals surface area contributed by atoms with Gasteiger partial charge in [-0.15, -0.1) is 0 Å². The van der Waals surface area contributed by atoms with E-state index in [0.717, 1.165) is 11.6 Å². The minimum Gasteiger partial charge on any atom is -0.370 e. The van der Waals surface area contributed by atoms with E-state index in [4.69, 9.17) is 5.73 Å². The Labute approximate surface area is 127 Å². The smallest absolute Gasteiger partial charge is 0.189 e. The number of guanidine groups is 1. The monoisotopic (exact) mass is 292 g/mol. The lowest BCUT2D eigenvalue weighted by Gasteiger charge is -2.16. The average Bonchev–Trinajstić information content (AvgIpc) is 2.76. The number of rotatable bonds is 3. The van der Waals surface area contributed by atoms with Crippen LogP contribution >= 0.6 is 0 Å². The van der Waals surface area contributed by atoms with Gasteiger partial charge >= 0.3 is 0 Å². The molecule has 0 amide bonds. The topological polar surface area (TPSA) is 92.0 Å². The van der Waals surface area contributed by atoms with Crippen LogP contribution in [-0.4, -0.2) is 27.2 Å². The van der Waals surface area contributed by atoms with Crippen LogP contribution in [0.4, 0.5) is 0 Å². The third kappa shape index (κ3) is 5.02. The molecule has 0 radical (unpaired) electrons. The number of nitrogens with two attached hydrogens (primary N) is 1. The summed E-state index contributed by atoms with van der Waals surface area (Å²) in [5.41, 5.74) is 5.92. The van der Waals surface area contributed by atoms with Crippen molar-refractivity contribution in [3.05, 3.63) is 11.6 Å². The van der Waals surface area contributed by atoms with Gasteiger partial charge in [0.2, 0.25) is 0 Å². The van der Waals surface area contributed by atoms with Crippen LogP contribution < -0.4 is 11.1 Å². The molecule has 6 heteroatoms. The van der Waals surface area contributed by atoms with E-state index in [-0.39, 0.29) is 5.41 Å². The highest BCUT2D eigenvalue weighted by Gasteiger charge is 2.19. The van der Waals surface area contributed by atoms with Crippen LogP contribution in [0.25, 0.3) is 0 Å². The number of nitrogens with one attached hydrogen (secondary N) is 2.